The molecular formula is C25H22N4O. The van der Waals surface area contributed by atoms with E-state index in [1.807, 2.05) is 83.4 Å². The maximum absolute atomic E-state index is 12.3. The van der Waals surface area contributed by atoms with Crippen molar-refractivity contribution in [2.24, 2.45) is 5.10 Å². The van der Waals surface area contributed by atoms with Crippen LogP contribution in [0.4, 0.5) is 0 Å². The summed E-state index contributed by atoms with van der Waals surface area (Å²) in [5, 5.41) is 4.04. The van der Waals surface area contributed by atoms with Crippen molar-refractivity contribution in [2.75, 3.05) is 0 Å². The van der Waals surface area contributed by atoms with Crippen molar-refractivity contribution < 1.29 is 4.79 Å². The average Bonchev–Trinajstić information content (AvgIpc) is 3.23. The Kier molecular flexibility index (Phi) is 6.11. The normalized spacial score (nSPS) is 10.9. The van der Waals surface area contributed by atoms with Crippen LogP contribution < -0.4 is 5.43 Å². The highest BCUT2D eigenvalue weighted by Gasteiger charge is 2.15. The van der Waals surface area contributed by atoms with E-state index in [1.54, 1.807) is 12.5 Å². The molecule has 0 saturated heterocycles. The molecule has 148 valence electrons. The molecule has 0 spiro atoms. The number of rotatable bonds is 7. The molecule has 0 unspecified atom stereocenters. The van der Waals surface area contributed by atoms with Gasteiger partial charge in [-0.15, -0.1) is 0 Å². The van der Waals surface area contributed by atoms with E-state index >= 15 is 0 Å². The molecule has 0 aliphatic heterocycles. The van der Waals surface area contributed by atoms with Gasteiger partial charge in [0, 0.05) is 24.1 Å². The summed E-state index contributed by atoms with van der Waals surface area (Å²) in [5.41, 5.74) is 7.56. The first kappa shape index (κ1) is 19.3. The number of carbonyl (C=O) groups excluding carboxylic acids is 1. The molecule has 0 fully saturated rings. The van der Waals surface area contributed by atoms with Crippen LogP contribution in [-0.4, -0.2) is 21.7 Å². The summed E-state index contributed by atoms with van der Waals surface area (Å²) < 4.78 is 2.03. The highest BCUT2D eigenvalue weighted by atomic mass is 16.2. The van der Waals surface area contributed by atoms with E-state index in [1.165, 1.54) is 0 Å². The lowest BCUT2D eigenvalue weighted by molar-refractivity contribution is -0.121. The SMILES string of the molecule is O=C(CCn1cnc(-c2ccccc2)c1-c1ccccc1)N/N=C/c1ccccc1. The quantitative estimate of drug-likeness (QED) is 0.363. The van der Waals surface area contributed by atoms with Gasteiger partial charge in [-0.1, -0.05) is 91.0 Å². The minimum absolute atomic E-state index is 0.142. The predicted octanol–water partition coefficient (Wildman–Crippen LogP) is 4.76. The van der Waals surface area contributed by atoms with Crippen molar-refractivity contribution in [3.63, 3.8) is 0 Å². The molecule has 4 aromatic rings. The Balaban J connectivity index is 1.49. The van der Waals surface area contributed by atoms with E-state index in [0.29, 0.717) is 13.0 Å². The molecule has 0 bridgehead atoms. The van der Waals surface area contributed by atoms with Gasteiger partial charge in [-0.05, 0) is 5.56 Å². The number of nitrogens with zero attached hydrogens (tertiary/aromatic N) is 3. The second kappa shape index (κ2) is 9.47. The average molecular weight is 394 g/mol. The number of hydrogen-bond donors (Lipinski definition) is 1. The molecule has 0 saturated carbocycles. The first-order valence-electron chi connectivity index (χ1n) is 9.84. The summed E-state index contributed by atoms with van der Waals surface area (Å²) in [5.74, 6) is -0.142. The third-order valence-corrected chi connectivity index (χ3v) is 4.71. The molecule has 1 aromatic heterocycles. The van der Waals surface area contributed by atoms with Crippen LogP contribution >= 0.6 is 0 Å². The fourth-order valence-electron chi connectivity index (χ4n) is 3.25. The Morgan fingerprint density at radius 3 is 2.13 bits per heavy atom. The predicted molar refractivity (Wildman–Crippen MR) is 120 cm³/mol. The third-order valence-electron chi connectivity index (χ3n) is 4.71. The van der Waals surface area contributed by atoms with Gasteiger partial charge >= 0.3 is 0 Å². The van der Waals surface area contributed by atoms with E-state index in [0.717, 1.165) is 28.1 Å². The lowest BCUT2D eigenvalue weighted by Crippen LogP contribution is -2.19. The number of amides is 1. The fraction of sp³-hybridized carbons (Fsp3) is 0.0800. The van der Waals surface area contributed by atoms with Crippen LogP contribution in [0.3, 0.4) is 0 Å². The first-order chi connectivity index (χ1) is 14.8. The molecule has 1 heterocycles. The van der Waals surface area contributed by atoms with E-state index in [9.17, 15) is 4.79 Å². The number of carbonyl (C=O) groups is 1. The van der Waals surface area contributed by atoms with Gasteiger partial charge in [0.05, 0.1) is 23.9 Å². The Hall–Kier alpha value is -3.99. The van der Waals surface area contributed by atoms with Gasteiger partial charge in [0.25, 0.3) is 0 Å². The molecule has 4 rings (SSSR count). The van der Waals surface area contributed by atoms with Gasteiger partial charge in [0.1, 0.15) is 0 Å². The third kappa shape index (κ3) is 4.70. The van der Waals surface area contributed by atoms with E-state index < -0.39 is 0 Å². The van der Waals surface area contributed by atoms with Gasteiger partial charge in [-0.2, -0.15) is 5.10 Å². The van der Waals surface area contributed by atoms with Crippen LogP contribution in [0.15, 0.2) is 102 Å². The molecule has 0 aliphatic rings. The number of aryl methyl sites for hydroxylation is 1. The number of hydrazone groups is 1. The minimum atomic E-state index is -0.142. The van der Waals surface area contributed by atoms with Gasteiger partial charge < -0.3 is 4.57 Å². The van der Waals surface area contributed by atoms with Crippen LogP contribution in [-0.2, 0) is 11.3 Å². The van der Waals surface area contributed by atoms with Crippen molar-refractivity contribution in [1.82, 2.24) is 15.0 Å². The molecule has 1 amide bonds. The molecular weight excluding hydrogens is 372 g/mol. The zero-order chi connectivity index (χ0) is 20.6. The monoisotopic (exact) mass is 394 g/mol. The summed E-state index contributed by atoms with van der Waals surface area (Å²) in [6, 6.07) is 29.9. The summed E-state index contributed by atoms with van der Waals surface area (Å²) in [6.45, 7) is 0.511. The van der Waals surface area contributed by atoms with Crippen molar-refractivity contribution in [3.05, 3.63) is 103 Å². The van der Waals surface area contributed by atoms with Crippen LogP contribution in [0.2, 0.25) is 0 Å². The minimum Gasteiger partial charge on any atom is -0.330 e. The maximum Gasteiger partial charge on any atom is 0.241 e. The lowest BCUT2D eigenvalue weighted by Gasteiger charge is -2.10. The molecule has 5 nitrogen and oxygen atoms in total. The number of imidazole rings is 1. The molecule has 0 atom stereocenters. The van der Waals surface area contributed by atoms with Gasteiger partial charge in [0.15, 0.2) is 0 Å². The van der Waals surface area contributed by atoms with Crippen molar-refractivity contribution in [3.8, 4) is 22.5 Å². The smallest absolute Gasteiger partial charge is 0.241 e. The standard InChI is InChI=1S/C25H22N4O/c30-23(28-27-18-20-10-4-1-5-11-20)16-17-29-19-26-24(21-12-6-2-7-13-21)25(29)22-14-8-3-9-15-22/h1-15,18-19H,16-17H2,(H,28,30)/b27-18+. The number of benzene rings is 3. The topological polar surface area (TPSA) is 59.3 Å². The summed E-state index contributed by atoms with van der Waals surface area (Å²) in [4.78, 5) is 16.9. The molecule has 30 heavy (non-hydrogen) atoms. The van der Waals surface area contributed by atoms with Crippen LogP contribution in [0.5, 0.6) is 0 Å². The van der Waals surface area contributed by atoms with Gasteiger partial charge in [-0.25, -0.2) is 10.4 Å². The van der Waals surface area contributed by atoms with Crippen molar-refractivity contribution in [2.45, 2.75) is 13.0 Å². The Morgan fingerprint density at radius 1 is 0.867 bits per heavy atom. The first-order valence-corrected chi connectivity index (χ1v) is 9.84. The summed E-state index contributed by atoms with van der Waals surface area (Å²) in [6.07, 6.45) is 3.74. The van der Waals surface area contributed by atoms with Crippen LogP contribution in [0.25, 0.3) is 22.5 Å². The van der Waals surface area contributed by atoms with E-state index in [-0.39, 0.29) is 5.91 Å². The molecule has 3 aromatic carbocycles. The number of hydrogen-bond acceptors (Lipinski definition) is 3. The zero-order valence-electron chi connectivity index (χ0n) is 16.5. The van der Waals surface area contributed by atoms with Crippen molar-refractivity contribution >= 4 is 12.1 Å². The number of aromatic nitrogens is 2. The summed E-state index contributed by atoms with van der Waals surface area (Å²) >= 11 is 0. The second-order valence-corrected chi connectivity index (χ2v) is 6.82. The molecule has 0 radical (unpaired) electrons. The lowest BCUT2D eigenvalue weighted by atomic mass is 10.0. The highest BCUT2D eigenvalue weighted by Crippen LogP contribution is 2.31. The Bertz CT molecular complexity index is 1120. The van der Waals surface area contributed by atoms with Gasteiger partial charge in [0.2, 0.25) is 5.91 Å². The zero-order valence-corrected chi connectivity index (χ0v) is 16.5. The van der Waals surface area contributed by atoms with Crippen LogP contribution in [0, 0.1) is 0 Å². The Labute approximate surface area is 175 Å². The second-order valence-electron chi connectivity index (χ2n) is 6.82. The highest BCUT2D eigenvalue weighted by molar-refractivity contribution is 5.82. The van der Waals surface area contributed by atoms with Gasteiger partial charge in [-0.3, -0.25) is 4.79 Å². The molecule has 0 aliphatic carbocycles. The van der Waals surface area contributed by atoms with Crippen molar-refractivity contribution in [1.29, 1.82) is 0 Å². The van der Waals surface area contributed by atoms with E-state index in [4.69, 9.17) is 0 Å². The Morgan fingerprint density at radius 2 is 1.47 bits per heavy atom. The fourth-order valence-corrected chi connectivity index (χ4v) is 3.25. The number of nitrogens with one attached hydrogen (secondary N) is 1. The summed E-state index contributed by atoms with van der Waals surface area (Å²) in [7, 11) is 0. The maximum atomic E-state index is 12.3. The molecule has 5 heteroatoms. The largest absolute Gasteiger partial charge is 0.330 e. The molecule has 1 N–H and O–H groups in total. The van der Waals surface area contributed by atoms with E-state index in [2.05, 4.69) is 27.6 Å². The van der Waals surface area contributed by atoms with Crippen LogP contribution in [0.1, 0.15) is 12.0 Å².